The molecule has 2 fully saturated rings. The quantitative estimate of drug-likeness (QED) is 0.748. The third kappa shape index (κ3) is 4.86. The van der Waals surface area contributed by atoms with Crippen LogP contribution >= 0.6 is 0 Å². The molecule has 2 aliphatic rings. The maximum absolute atomic E-state index is 12.8. The van der Waals surface area contributed by atoms with Gasteiger partial charge >= 0.3 is 0 Å². The number of hydrogen-bond acceptors (Lipinski definition) is 3. The van der Waals surface area contributed by atoms with Crippen LogP contribution < -0.4 is 4.90 Å². The van der Waals surface area contributed by atoms with Crippen LogP contribution in [-0.4, -0.2) is 60.4 Å². The largest absolute Gasteiger partial charge is 0.369 e. The number of piperazine rings is 1. The van der Waals surface area contributed by atoms with Crippen LogP contribution in [-0.2, 0) is 4.79 Å². The van der Waals surface area contributed by atoms with Gasteiger partial charge in [-0.25, -0.2) is 0 Å². The molecule has 1 saturated heterocycles. The number of nitrogens with zero attached hydrogens (tertiary/aromatic N) is 3. The smallest absolute Gasteiger partial charge is 0.253 e. The van der Waals surface area contributed by atoms with Gasteiger partial charge in [0, 0.05) is 56.4 Å². The van der Waals surface area contributed by atoms with E-state index < -0.39 is 0 Å². The van der Waals surface area contributed by atoms with Gasteiger partial charge < -0.3 is 14.7 Å². The molecule has 2 amide bonds. The van der Waals surface area contributed by atoms with Gasteiger partial charge in [0.05, 0.1) is 0 Å². The van der Waals surface area contributed by atoms with Crippen LogP contribution in [0.4, 0.5) is 5.69 Å². The van der Waals surface area contributed by atoms with Crippen molar-refractivity contribution in [3.05, 3.63) is 29.8 Å². The highest BCUT2D eigenvalue weighted by Crippen LogP contribution is 2.28. The number of amides is 2. The van der Waals surface area contributed by atoms with Gasteiger partial charge in [0.25, 0.3) is 5.91 Å². The molecule has 1 aromatic carbocycles. The molecular weight excluding hydrogens is 350 g/mol. The lowest BCUT2D eigenvalue weighted by atomic mass is 10.0. The van der Waals surface area contributed by atoms with Crippen molar-refractivity contribution in [3.8, 4) is 0 Å². The van der Waals surface area contributed by atoms with E-state index in [0.717, 1.165) is 17.8 Å². The van der Waals surface area contributed by atoms with E-state index in [1.807, 2.05) is 34.1 Å². The Labute approximate surface area is 169 Å². The molecule has 3 rings (SSSR count). The monoisotopic (exact) mass is 385 g/mol. The van der Waals surface area contributed by atoms with Crippen LogP contribution in [0.3, 0.4) is 0 Å². The van der Waals surface area contributed by atoms with Crippen molar-refractivity contribution < 1.29 is 9.59 Å². The summed E-state index contributed by atoms with van der Waals surface area (Å²) in [7, 11) is 0. The predicted octanol–water partition coefficient (Wildman–Crippen LogP) is 3.79. The lowest BCUT2D eigenvalue weighted by Crippen LogP contribution is -2.50. The molecule has 0 spiro atoms. The highest BCUT2D eigenvalue weighted by Gasteiger charge is 2.27. The molecule has 0 radical (unpaired) electrons. The fourth-order valence-electron chi connectivity index (χ4n) is 4.57. The summed E-state index contributed by atoms with van der Waals surface area (Å²) in [6, 6.07) is 8.37. The van der Waals surface area contributed by atoms with E-state index in [2.05, 4.69) is 25.7 Å². The Morgan fingerprint density at radius 2 is 1.57 bits per heavy atom. The van der Waals surface area contributed by atoms with Crippen molar-refractivity contribution >= 4 is 17.5 Å². The molecule has 1 heterocycles. The highest BCUT2D eigenvalue weighted by molar-refractivity contribution is 5.94. The van der Waals surface area contributed by atoms with E-state index in [4.69, 9.17) is 0 Å². The molecule has 1 aliphatic heterocycles. The molecule has 5 nitrogen and oxygen atoms in total. The lowest BCUT2D eigenvalue weighted by Gasteiger charge is -2.35. The first kappa shape index (κ1) is 20.7. The molecule has 1 aliphatic carbocycles. The highest BCUT2D eigenvalue weighted by atomic mass is 16.2. The molecule has 0 N–H and O–H groups in total. The molecular formula is C23H35N3O2. The number of benzene rings is 1. The maximum atomic E-state index is 12.8. The molecule has 0 unspecified atom stereocenters. The second-order valence-electron chi connectivity index (χ2n) is 8.45. The maximum Gasteiger partial charge on any atom is 0.253 e. The zero-order chi connectivity index (χ0) is 20.1. The van der Waals surface area contributed by atoms with Gasteiger partial charge in [-0.15, -0.1) is 0 Å². The summed E-state index contributed by atoms with van der Waals surface area (Å²) in [6.45, 7) is 10.0. The first-order valence-electron chi connectivity index (χ1n) is 10.9. The Kier molecular flexibility index (Phi) is 6.97. The van der Waals surface area contributed by atoms with Crippen molar-refractivity contribution in [2.75, 3.05) is 37.6 Å². The van der Waals surface area contributed by atoms with Crippen LogP contribution in [0.15, 0.2) is 24.3 Å². The number of rotatable bonds is 6. The van der Waals surface area contributed by atoms with Gasteiger partial charge in [0.1, 0.15) is 0 Å². The molecule has 1 saturated carbocycles. The molecule has 0 aromatic heterocycles. The Morgan fingerprint density at radius 3 is 2.11 bits per heavy atom. The minimum atomic E-state index is 0.0713. The Balaban J connectivity index is 1.52. The predicted molar refractivity (Wildman–Crippen MR) is 114 cm³/mol. The lowest BCUT2D eigenvalue weighted by molar-refractivity contribution is -0.133. The van der Waals surface area contributed by atoms with E-state index >= 15 is 0 Å². The molecule has 0 atom stereocenters. The second kappa shape index (κ2) is 9.44. The van der Waals surface area contributed by atoms with E-state index in [1.165, 1.54) is 25.7 Å². The topological polar surface area (TPSA) is 43.9 Å². The summed E-state index contributed by atoms with van der Waals surface area (Å²) >= 11 is 0. The molecule has 5 heteroatoms. The minimum Gasteiger partial charge on any atom is -0.369 e. The molecule has 1 aromatic rings. The molecule has 154 valence electrons. The van der Waals surface area contributed by atoms with Crippen molar-refractivity contribution in [1.29, 1.82) is 0 Å². The fraction of sp³-hybridized carbons (Fsp3) is 0.652. The van der Waals surface area contributed by atoms with E-state index in [9.17, 15) is 9.59 Å². The third-order valence-electron chi connectivity index (χ3n) is 6.27. The van der Waals surface area contributed by atoms with E-state index in [-0.39, 0.29) is 11.8 Å². The Morgan fingerprint density at radius 1 is 1.00 bits per heavy atom. The van der Waals surface area contributed by atoms with Crippen molar-refractivity contribution in [2.45, 2.75) is 58.9 Å². The van der Waals surface area contributed by atoms with Crippen LogP contribution in [0.5, 0.6) is 0 Å². The summed E-state index contributed by atoms with van der Waals surface area (Å²) < 4.78 is 0. The van der Waals surface area contributed by atoms with Crippen LogP contribution in [0, 0.1) is 5.92 Å². The molecule has 0 bridgehead atoms. The SMILES string of the molecule is CCN(c1ccc(C(=O)N2CCN(C(=O)CC3CCCC3)CC2)cc1)C(C)C. The second-order valence-corrected chi connectivity index (χ2v) is 8.45. The van der Waals surface area contributed by atoms with Gasteiger partial charge in [0.2, 0.25) is 5.91 Å². The molecule has 28 heavy (non-hydrogen) atoms. The summed E-state index contributed by atoms with van der Waals surface area (Å²) in [5.74, 6) is 0.929. The van der Waals surface area contributed by atoms with Crippen molar-refractivity contribution in [2.24, 2.45) is 5.92 Å². The number of carbonyl (C=O) groups is 2. The Bertz CT molecular complexity index is 657. The Hall–Kier alpha value is -2.04. The van der Waals surface area contributed by atoms with Gasteiger partial charge in [-0.05, 0) is 63.8 Å². The normalized spacial score (nSPS) is 18.0. The van der Waals surface area contributed by atoms with Crippen molar-refractivity contribution in [3.63, 3.8) is 0 Å². The standard InChI is InChI=1S/C23H35N3O2/c1-4-26(18(2)3)21-11-9-20(10-12-21)23(28)25-15-13-24(14-16-25)22(27)17-19-7-5-6-8-19/h9-12,18-19H,4-8,13-17H2,1-3H3. The average molecular weight is 386 g/mol. The number of anilines is 1. The van der Waals surface area contributed by atoms with Gasteiger partial charge in [-0.2, -0.15) is 0 Å². The average Bonchev–Trinajstić information content (AvgIpc) is 3.21. The first-order chi connectivity index (χ1) is 13.5. The van der Waals surface area contributed by atoms with Gasteiger partial charge in [-0.3, -0.25) is 9.59 Å². The zero-order valence-electron chi connectivity index (χ0n) is 17.7. The van der Waals surface area contributed by atoms with Crippen LogP contribution in [0.1, 0.15) is 63.2 Å². The summed E-state index contributed by atoms with van der Waals surface area (Å²) in [6.07, 6.45) is 5.64. The van der Waals surface area contributed by atoms with Crippen molar-refractivity contribution in [1.82, 2.24) is 9.80 Å². The van der Waals surface area contributed by atoms with Gasteiger partial charge in [-0.1, -0.05) is 12.8 Å². The van der Waals surface area contributed by atoms with Crippen LogP contribution in [0.2, 0.25) is 0 Å². The summed E-state index contributed by atoms with van der Waals surface area (Å²) in [4.78, 5) is 31.5. The van der Waals surface area contributed by atoms with Crippen LogP contribution in [0.25, 0.3) is 0 Å². The number of carbonyl (C=O) groups excluding carboxylic acids is 2. The summed E-state index contributed by atoms with van der Waals surface area (Å²) in [5.41, 5.74) is 1.88. The fourth-order valence-corrected chi connectivity index (χ4v) is 4.57. The summed E-state index contributed by atoms with van der Waals surface area (Å²) in [5, 5.41) is 0. The van der Waals surface area contributed by atoms with Gasteiger partial charge in [0.15, 0.2) is 0 Å². The van der Waals surface area contributed by atoms with E-state index in [1.54, 1.807) is 0 Å². The third-order valence-corrected chi connectivity index (χ3v) is 6.27. The zero-order valence-corrected chi connectivity index (χ0v) is 17.7. The number of hydrogen-bond donors (Lipinski definition) is 0. The van der Waals surface area contributed by atoms with E-state index in [0.29, 0.717) is 44.6 Å². The first-order valence-corrected chi connectivity index (χ1v) is 10.9. The minimum absolute atomic E-state index is 0.0713.